The van der Waals surface area contributed by atoms with Crippen molar-refractivity contribution in [3.8, 4) is 0 Å². The van der Waals surface area contributed by atoms with Gasteiger partial charge in [-0.05, 0) is 37.0 Å². The van der Waals surface area contributed by atoms with Crippen molar-refractivity contribution in [3.05, 3.63) is 24.0 Å². The summed E-state index contributed by atoms with van der Waals surface area (Å²) in [5.74, 6) is -0.688. The fourth-order valence-electron chi connectivity index (χ4n) is 1.93. The van der Waals surface area contributed by atoms with Crippen LogP contribution in [0.5, 0.6) is 0 Å². The van der Waals surface area contributed by atoms with Crippen LogP contribution >= 0.6 is 0 Å². The van der Waals surface area contributed by atoms with Crippen LogP contribution in [0.4, 0.5) is 10.1 Å². The molecule has 19 heavy (non-hydrogen) atoms. The molecule has 0 aromatic heterocycles. The van der Waals surface area contributed by atoms with E-state index >= 15 is 0 Å². The minimum Gasteiger partial charge on any atom is -0.324 e. The summed E-state index contributed by atoms with van der Waals surface area (Å²) in [5, 5.41) is 7.33. The smallest absolute Gasteiger partial charge is 0.238 e. The Hall–Kier alpha value is -1.47. The number of benzene rings is 1. The maximum atomic E-state index is 13.6. The number of primary sulfonamides is 1. The lowest BCUT2D eigenvalue weighted by atomic mass is 9.83. The van der Waals surface area contributed by atoms with Crippen molar-refractivity contribution < 1.29 is 17.6 Å². The van der Waals surface area contributed by atoms with Gasteiger partial charge in [-0.25, -0.2) is 17.9 Å². The Balaban J connectivity index is 2.06. The average molecular weight is 286 g/mol. The molecule has 0 saturated heterocycles. The van der Waals surface area contributed by atoms with Gasteiger partial charge in [0, 0.05) is 6.42 Å². The van der Waals surface area contributed by atoms with Crippen molar-refractivity contribution in [2.75, 3.05) is 5.32 Å². The summed E-state index contributed by atoms with van der Waals surface area (Å²) < 4.78 is 35.7. The molecule has 0 spiro atoms. The van der Waals surface area contributed by atoms with Crippen LogP contribution in [0.25, 0.3) is 0 Å². The molecule has 0 unspecified atom stereocenters. The van der Waals surface area contributed by atoms with Gasteiger partial charge >= 0.3 is 0 Å². The molecule has 2 rings (SSSR count). The summed E-state index contributed by atoms with van der Waals surface area (Å²) in [5.41, 5.74) is -0.0308. The predicted molar refractivity (Wildman–Crippen MR) is 68.4 cm³/mol. The quantitative estimate of drug-likeness (QED) is 0.881. The summed E-state index contributed by atoms with van der Waals surface area (Å²) in [4.78, 5) is 11.3. The fraction of sp³-hybridized carbons (Fsp3) is 0.417. The first-order chi connectivity index (χ1) is 8.86. The zero-order valence-electron chi connectivity index (χ0n) is 10.2. The highest BCUT2D eigenvalue weighted by molar-refractivity contribution is 7.89. The maximum absolute atomic E-state index is 13.6. The Kier molecular flexibility index (Phi) is 3.86. The van der Waals surface area contributed by atoms with Gasteiger partial charge in [0.05, 0.1) is 10.6 Å². The van der Waals surface area contributed by atoms with Gasteiger partial charge in [-0.2, -0.15) is 0 Å². The van der Waals surface area contributed by atoms with E-state index in [0.29, 0.717) is 12.3 Å². The standard InChI is InChI=1S/C12H15FN2O3S/c13-10-7-9(19(14,17)18)4-5-11(10)15-12(16)6-8-2-1-3-8/h4-5,7-8H,1-3,6H2,(H,15,16)(H2,14,17,18). The second kappa shape index (κ2) is 5.26. The molecular formula is C12H15FN2O3S. The van der Waals surface area contributed by atoms with Gasteiger partial charge in [-0.1, -0.05) is 6.42 Å². The van der Waals surface area contributed by atoms with Crippen LogP contribution in [0, 0.1) is 11.7 Å². The molecule has 3 N–H and O–H groups in total. The number of carbonyl (C=O) groups is 1. The largest absolute Gasteiger partial charge is 0.324 e. The highest BCUT2D eigenvalue weighted by Gasteiger charge is 2.21. The third-order valence-corrected chi connectivity index (χ3v) is 4.15. The van der Waals surface area contributed by atoms with Crippen LogP contribution < -0.4 is 10.5 Å². The second-order valence-electron chi connectivity index (χ2n) is 4.74. The molecular weight excluding hydrogens is 271 g/mol. The maximum Gasteiger partial charge on any atom is 0.238 e. The van der Waals surface area contributed by atoms with Gasteiger partial charge in [0.1, 0.15) is 5.82 Å². The zero-order valence-corrected chi connectivity index (χ0v) is 11.0. The van der Waals surface area contributed by atoms with E-state index < -0.39 is 15.8 Å². The van der Waals surface area contributed by atoms with Crippen molar-refractivity contribution in [2.45, 2.75) is 30.6 Å². The lowest BCUT2D eigenvalue weighted by Gasteiger charge is -2.24. The molecule has 1 aliphatic carbocycles. The van der Waals surface area contributed by atoms with E-state index in [-0.39, 0.29) is 16.5 Å². The molecule has 1 aromatic carbocycles. The van der Waals surface area contributed by atoms with E-state index in [0.717, 1.165) is 31.4 Å². The van der Waals surface area contributed by atoms with Crippen molar-refractivity contribution >= 4 is 21.6 Å². The first kappa shape index (κ1) is 14.0. The number of rotatable bonds is 4. The first-order valence-electron chi connectivity index (χ1n) is 5.98. The third-order valence-electron chi connectivity index (χ3n) is 3.24. The fourth-order valence-corrected chi connectivity index (χ4v) is 2.46. The Morgan fingerprint density at radius 3 is 2.58 bits per heavy atom. The number of nitrogens with two attached hydrogens (primary N) is 1. The zero-order chi connectivity index (χ0) is 14.0. The molecule has 104 valence electrons. The number of amides is 1. The highest BCUT2D eigenvalue weighted by Crippen LogP contribution is 2.29. The molecule has 1 aromatic rings. The molecule has 0 radical (unpaired) electrons. The van der Waals surface area contributed by atoms with E-state index in [1.165, 1.54) is 6.07 Å². The number of carbonyl (C=O) groups excluding carboxylic acids is 1. The molecule has 1 amide bonds. The van der Waals surface area contributed by atoms with Crippen molar-refractivity contribution in [1.29, 1.82) is 0 Å². The van der Waals surface area contributed by atoms with Gasteiger partial charge in [-0.15, -0.1) is 0 Å². The van der Waals surface area contributed by atoms with Crippen LogP contribution in [0.2, 0.25) is 0 Å². The van der Waals surface area contributed by atoms with Crippen molar-refractivity contribution in [3.63, 3.8) is 0 Å². The normalized spacial score (nSPS) is 15.9. The molecule has 1 aliphatic rings. The third kappa shape index (κ3) is 3.51. The van der Waals surface area contributed by atoms with Gasteiger partial charge in [0.15, 0.2) is 0 Å². The van der Waals surface area contributed by atoms with E-state index in [2.05, 4.69) is 5.32 Å². The number of anilines is 1. The van der Waals surface area contributed by atoms with Crippen LogP contribution in [0.15, 0.2) is 23.1 Å². The topological polar surface area (TPSA) is 89.3 Å². The molecule has 0 atom stereocenters. The molecule has 0 heterocycles. The second-order valence-corrected chi connectivity index (χ2v) is 6.30. The Labute approximate surface area is 111 Å². The monoisotopic (exact) mass is 286 g/mol. The van der Waals surface area contributed by atoms with Gasteiger partial charge in [0.25, 0.3) is 0 Å². The Morgan fingerprint density at radius 2 is 2.11 bits per heavy atom. The molecule has 1 saturated carbocycles. The van der Waals surface area contributed by atoms with Crippen molar-refractivity contribution in [2.24, 2.45) is 11.1 Å². The van der Waals surface area contributed by atoms with E-state index in [1.807, 2.05) is 0 Å². The van der Waals surface area contributed by atoms with Crippen LogP contribution in [0.3, 0.4) is 0 Å². The van der Waals surface area contributed by atoms with E-state index in [4.69, 9.17) is 5.14 Å². The summed E-state index contributed by atoms with van der Waals surface area (Å²) in [6.45, 7) is 0. The predicted octanol–water partition coefficient (Wildman–Crippen LogP) is 1.60. The lowest BCUT2D eigenvalue weighted by molar-refractivity contribution is -0.117. The minimum absolute atomic E-state index is 0.0308. The molecule has 0 aliphatic heterocycles. The molecule has 5 nitrogen and oxygen atoms in total. The average Bonchev–Trinajstić information content (AvgIpc) is 2.25. The summed E-state index contributed by atoms with van der Waals surface area (Å²) in [6.07, 6.45) is 3.56. The number of hydrogen-bond donors (Lipinski definition) is 2. The highest BCUT2D eigenvalue weighted by atomic mass is 32.2. The lowest BCUT2D eigenvalue weighted by Crippen LogP contribution is -2.21. The van der Waals surface area contributed by atoms with E-state index in [1.54, 1.807) is 0 Å². The molecule has 0 bridgehead atoms. The number of hydrogen-bond acceptors (Lipinski definition) is 3. The molecule has 1 fully saturated rings. The SMILES string of the molecule is NS(=O)(=O)c1ccc(NC(=O)CC2CCC2)c(F)c1. The number of nitrogens with one attached hydrogen (secondary N) is 1. The van der Waals surface area contributed by atoms with Gasteiger partial charge in [0.2, 0.25) is 15.9 Å². The summed E-state index contributed by atoms with van der Waals surface area (Å²) >= 11 is 0. The summed E-state index contributed by atoms with van der Waals surface area (Å²) in [6, 6.07) is 3.17. The Morgan fingerprint density at radius 1 is 1.42 bits per heavy atom. The van der Waals surface area contributed by atoms with Gasteiger partial charge < -0.3 is 5.32 Å². The first-order valence-corrected chi connectivity index (χ1v) is 7.53. The van der Waals surface area contributed by atoms with Crippen molar-refractivity contribution in [1.82, 2.24) is 0 Å². The van der Waals surface area contributed by atoms with Gasteiger partial charge in [-0.3, -0.25) is 4.79 Å². The molecule has 7 heteroatoms. The number of halogens is 1. The van der Waals surface area contributed by atoms with Crippen LogP contribution in [0.1, 0.15) is 25.7 Å². The van der Waals surface area contributed by atoms with Crippen LogP contribution in [-0.2, 0) is 14.8 Å². The summed E-state index contributed by atoms with van der Waals surface area (Å²) in [7, 11) is -3.94. The van der Waals surface area contributed by atoms with E-state index in [9.17, 15) is 17.6 Å². The van der Waals surface area contributed by atoms with Crippen LogP contribution in [-0.4, -0.2) is 14.3 Å². The number of sulfonamides is 1. The minimum atomic E-state index is -3.94. The Bertz CT molecular complexity index is 597.